The molecule has 7 heteroatoms. The van der Waals surface area contributed by atoms with Crippen molar-refractivity contribution in [3.8, 4) is 0 Å². The van der Waals surface area contributed by atoms with Crippen LogP contribution in [0.2, 0.25) is 15.1 Å². The van der Waals surface area contributed by atoms with Crippen LogP contribution in [0.4, 0.5) is 4.79 Å². The van der Waals surface area contributed by atoms with Gasteiger partial charge in [0.15, 0.2) is 0 Å². The van der Waals surface area contributed by atoms with Gasteiger partial charge in [-0.05, 0) is 45.9 Å². The van der Waals surface area contributed by atoms with Crippen LogP contribution in [0.3, 0.4) is 0 Å². The molecule has 2 N–H and O–H groups in total. The minimum Gasteiger partial charge on any atom is -0.444 e. The Kier molecular flexibility index (Phi) is 7.77. The summed E-state index contributed by atoms with van der Waals surface area (Å²) in [6.45, 7) is 7.23. The quantitative estimate of drug-likeness (QED) is 0.568. The van der Waals surface area contributed by atoms with Crippen molar-refractivity contribution in [1.29, 1.82) is 0 Å². The maximum Gasteiger partial charge on any atom is 0.407 e. The predicted molar refractivity (Wildman–Crippen MR) is 92.0 cm³/mol. The Bertz CT molecular complexity index is 516. The van der Waals surface area contributed by atoms with Gasteiger partial charge in [0.05, 0.1) is 10.0 Å². The highest BCUT2D eigenvalue weighted by Crippen LogP contribution is 2.31. The molecule has 1 rings (SSSR count). The Morgan fingerprint density at radius 3 is 2.41 bits per heavy atom. The van der Waals surface area contributed by atoms with Crippen LogP contribution in [-0.4, -0.2) is 24.8 Å². The van der Waals surface area contributed by atoms with Crippen LogP contribution in [-0.2, 0) is 11.3 Å². The number of nitrogens with one attached hydrogen (secondary N) is 2. The molecule has 1 aromatic rings. The fraction of sp³-hybridized carbons (Fsp3) is 0.533. The summed E-state index contributed by atoms with van der Waals surface area (Å²) in [7, 11) is 0. The third-order valence-electron chi connectivity index (χ3n) is 2.64. The van der Waals surface area contributed by atoms with E-state index in [9.17, 15) is 4.79 Å². The molecular formula is C15H21Cl3N2O2. The van der Waals surface area contributed by atoms with Gasteiger partial charge < -0.3 is 15.4 Å². The number of amides is 1. The van der Waals surface area contributed by atoms with Gasteiger partial charge in [0, 0.05) is 23.7 Å². The molecule has 0 spiro atoms. The van der Waals surface area contributed by atoms with E-state index in [1.54, 1.807) is 12.1 Å². The molecule has 0 bridgehead atoms. The number of hydrogen-bond donors (Lipinski definition) is 2. The summed E-state index contributed by atoms with van der Waals surface area (Å²) in [5, 5.41) is 7.43. The van der Waals surface area contributed by atoms with Crippen molar-refractivity contribution in [2.75, 3.05) is 13.1 Å². The fourth-order valence-electron chi connectivity index (χ4n) is 1.66. The van der Waals surface area contributed by atoms with E-state index in [2.05, 4.69) is 10.6 Å². The van der Waals surface area contributed by atoms with Gasteiger partial charge in [-0.15, -0.1) is 0 Å². The van der Waals surface area contributed by atoms with E-state index in [0.717, 1.165) is 12.0 Å². The lowest BCUT2D eigenvalue weighted by molar-refractivity contribution is 0.0527. The van der Waals surface area contributed by atoms with Crippen LogP contribution < -0.4 is 10.6 Å². The van der Waals surface area contributed by atoms with E-state index in [4.69, 9.17) is 39.5 Å². The van der Waals surface area contributed by atoms with Crippen molar-refractivity contribution in [3.63, 3.8) is 0 Å². The first kappa shape index (κ1) is 19.4. The van der Waals surface area contributed by atoms with Crippen molar-refractivity contribution in [2.45, 2.75) is 39.3 Å². The second-order valence-corrected chi connectivity index (χ2v) is 6.97. The van der Waals surface area contributed by atoms with Gasteiger partial charge in [-0.1, -0.05) is 34.8 Å². The van der Waals surface area contributed by atoms with Crippen molar-refractivity contribution in [2.24, 2.45) is 0 Å². The highest BCUT2D eigenvalue weighted by molar-refractivity contribution is 6.44. The third kappa shape index (κ3) is 7.05. The van der Waals surface area contributed by atoms with E-state index in [1.165, 1.54) is 0 Å². The van der Waals surface area contributed by atoms with Crippen molar-refractivity contribution >= 4 is 40.9 Å². The average molecular weight is 368 g/mol. The zero-order valence-electron chi connectivity index (χ0n) is 12.9. The Labute approximate surface area is 146 Å². The lowest BCUT2D eigenvalue weighted by atomic mass is 10.2. The van der Waals surface area contributed by atoms with Crippen molar-refractivity contribution < 1.29 is 9.53 Å². The number of halogens is 3. The summed E-state index contributed by atoms with van der Waals surface area (Å²) < 4.78 is 5.14. The molecular weight excluding hydrogens is 347 g/mol. The molecule has 0 radical (unpaired) electrons. The topological polar surface area (TPSA) is 50.4 Å². The summed E-state index contributed by atoms with van der Waals surface area (Å²) >= 11 is 18.2. The Morgan fingerprint density at radius 2 is 1.77 bits per heavy atom. The first-order chi connectivity index (χ1) is 10.2. The van der Waals surface area contributed by atoms with Gasteiger partial charge in [-0.25, -0.2) is 4.79 Å². The molecule has 0 atom stereocenters. The second kappa shape index (κ2) is 8.82. The SMILES string of the molecule is CC(C)(C)OC(=O)NCCCNCc1c(Cl)ccc(Cl)c1Cl. The number of alkyl carbamates (subject to hydrolysis) is 1. The molecule has 1 amide bonds. The molecule has 1 aromatic carbocycles. The number of rotatable bonds is 6. The smallest absolute Gasteiger partial charge is 0.407 e. The fourth-order valence-corrected chi connectivity index (χ4v) is 2.34. The van der Waals surface area contributed by atoms with Crippen LogP contribution in [0.25, 0.3) is 0 Å². The molecule has 0 aliphatic heterocycles. The minimum atomic E-state index is -0.484. The van der Waals surface area contributed by atoms with Crippen LogP contribution in [0, 0.1) is 0 Å². The van der Waals surface area contributed by atoms with Crippen LogP contribution in [0.1, 0.15) is 32.8 Å². The lowest BCUT2D eigenvalue weighted by Crippen LogP contribution is -2.33. The van der Waals surface area contributed by atoms with Gasteiger partial charge in [0.1, 0.15) is 5.60 Å². The molecule has 0 aliphatic carbocycles. The van der Waals surface area contributed by atoms with E-state index >= 15 is 0 Å². The largest absolute Gasteiger partial charge is 0.444 e. The standard InChI is InChI=1S/C15H21Cl3N2O2/c1-15(2,3)22-14(21)20-8-4-7-19-9-10-11(16)5-6-12(17)13(10)18/h5-6,19H,4,7-9H2,1-3H3,(H,20,21). The van der Waals surface area contributed by atoms with Crippen LogP contribution in [0.15, 0.2) is 12.1 Å². The average Bonchev–Trinajstić information content (AvgIpc) is 2.39. The molecule has 0 saturated carbocycles. The first-order valence-electron chi connectivity index (χ1n) is 7.00. The molecule has 0 heterocycles. The maximum absolute atomic E-state index is 11.4. The Balaban J connectivity index is 2.24. The monoisotopic (exact) mass is 366 g/mol. The number of carbonyl (C=O) groups is 1. The third-order valence-corrected chi connectivity index (χ3v) is 3.84. The summed E-state index contributed by atoms with van der Waals surface area (Å²) in [6, 6.07) is 3.39. The van der Waals surface area contributed by atoms with Crippen molar-refractivity contribution in [3.05, 3.63) is 32.8 Å². The molecule has 4 nitrogen and oxygen atoms in total. The van der Waals surface area contributed by atoms with Crippen LogP contribution >= 0.6 is 34.8 Å². The Morgan fingerprint density at radius 1 is 1.14 bits per heavy atom. The van der Waals surface area contributed by atoms with Gasteiger partial charge in [-0.2, -0.15) is 0 Å². The van der Waals surface area contributed by atoms with Gasteiger partial charge in [0.25, 0.3) is 0 Å². The molecule has 0 unspecified atom stereocenters. The zero-order valence-corrected chi connectivity index (χ0v) is 15.2. The summed E-state index contributed by atoms with van der Waals surface area (Å²) in [6.07, 6.45) is 0.350. The second-order valence-electron chi connectivity index (χ2n) is 5.78. The highest BCUT2D eigenvalue weighted by Gasteiger charge is 2.15. The Hall–Kier alpha value is -0.680. The van der Waals surface area contributed by atoms with Gasteiger partial charge >= 0.3 is 6.09 Å². The molecule has 124 valence electrons. The summed E-state index contributed by atoms with van der Waals surface area (Å²) in [5.74, 6) is 0. The molecule has 0 aromatic heterocycles. The molecule has 0 saturated heterocycles. The number of hydrogen-bond acceptors (Lipinski definition) is 3. The first-order valence-corrected chi connectivity index (χ1v) is 8.14. The summed E-state index contributed by atoms with van der Waals surface area (Å²) in [4.78, 5) is 11.4. The molecule has 0 aliphatic rings. The van der Waals surface area contributed by atoms with Crippen molar-refractivity contribution in [1.82, 2.24) is 10.6 Å². The number of benzene rings is 1. The molecule has 0 fully saturated rings. The lowest BCUT2D eigenvalue weighted by Gasteiger charge is -2.19. The van der Waals surface area contributed by atoms with E-state index in [0.29, 0.717) is 34.7 Å². The van der Waals surface area contributed by atoms with Gasteiger partial charge in [-0.3, -0.25) is 0 Å². The van der Waals surface area contributed by atoms with E-state index in [1.807, 2.05) is 20.8 Å². The van der Waals surface area contributed by atoms with E-state index in [-0.39, 0.29) is 0 Å². The van der Waals surface area contributed by atoms with Gasteiger partial charge in [0.2, 0.25) is 0 Å². The predicted octanol–water partition coefficient (Wildman–Crippen LogP) is 4.65. The molecule has 22 heavy (non-hydrogen) atoms. The minimum absolute atomic E-state index is 0.409. The number of carbonyl (C=O) groups excluding carboxylic acids is 1. The normalized spacial score (nSPS) is 11.4. The van der Waals surface area contributed by atoms with E-state index < -0.39 is 11.7 Å². The zero-order chi connectivity index (χ0) is 16.8. The summed E-state index contributed by atoms with van der Waals surface area (Å²) in [5.41, 5.74) is 0.290. The number of ether oxygens (including phenoxy) is 1. The van der Waals surface area contributed by atoms with Crippen LogP contribution in [0.5, 0.6) is 0 Å². The maximum atomic E-state index is 11.4. The highest BCUT2D eigenvalue weighted by atomic mass is 35.5.